The fourth-order valence-electron chi connectivity index (χ4n) is 8.53. The van der Waals surface area contributed by atoms with Crippen molar-refractivity contribution in [1.82, 2.24) is 9.55 Å². The minimum absolute atomic E-state index is 0.276. The van der Waals surface area contributed by atoms with Gasteiger partial charge >= 0.3 is 0 Å². The summed E-state index contributed by atoms with van der Waals surface area (Å²) in [6, 6.07) is 56.8. The minimum Gasteiger partial charge on any atom is -0.455 e. The van der Waals surface area contributed by atoms with Crippen molar-refractivity contribution in [3.63, 3.8) is 0 Å². The second kappa shape index (κ2) is 12.6. The zero-order valence-electron chi connectivity index (χ0n) is 31.0. The van der Waals surface area contributed by atoms with Gasteiger partial charge in [-0.1, -0.05) is 143 Å². The molecule has 0 spiro atoms. The number of hydrogen-bond acceptors (Lipinski definition) is 2. The molecular weight excluding hydrogens is 657 g/mol. The number of benzene rings is 8. The lowest BCUT2D eigenvalue weighted by Gasteiger charge is -2.24. The summed E-state index contributed by atoms with van der Waals surface area (Å²) in [7, 11) is 0. The molecule has 0 aliphatic rings. The molecular formula is C51H40N2O. The smallest absolute Gasteiger partial charge is 0.149 e. The van der Waals surface area contributed by atoms with Crippen LogP contribution in [0.3, 0.4) is 0 Å². The Morgan fingerprint density at radius 2 is 1.09 bits per heavy atom. The lowest BCUT2D eigenvalue weighted by Crippen LogP contribution is -2.09. The van der Waals surface area contributed by atoms with Crippen molar-refractivity contribution in [2.45, 2.75) is 39.5 Å². The zero-order valence-corrected chi connectivity index (χ0v) is 31.0. The van der Waals surface area contributed by atoms with E-state index in [2.05, 4.69) is 190 Å². The second-order valence-electron chi connectivity index (χ2n) is 15.1. The maximum absolute atomic E-state index is 7.17. The quantitative estimate of drug-likeness (QED) is 0.162. The molecule has 0 saturated heterocycles. The van der Waals surface area contributed by atoms with Gasteiger partial charge in [0.2, 0.25) is 0 Å². The fourth-order valence-corrected chi connectivity index (χ4v) is 8.53. The van der Waals surface area contributed by atoms with E-state index in [0.717, 1.165) is 55.1 Å². The van der Waals surface area contributed by atoms with Crippen LogP contribution < -0.4 is 0 Å². The van der Waals surface area contributed by atoms with Crippen molar-refractivity contribution in [2.75, 3.05) is 0 Å². The highest BCUT2D eigenvalue weighted by Crippen LogP contribution is 2.45. The van der Waals surface area contributed by atoms with Gasteiger partial charge in [0, 0.05) is 16.2 Å². The summed E-state index contributed by atoms with van der Waals surface area (Å²) in [6.45, 7) is 9.20. The Morgan fingerprint density at radius 3 is 1.81 bits per heavy atom. The average Bonchev–Trinajstić information content (AvgIpc) is 3.79. The van der Waals surface area contributed by atoms with Crippen LogP contribution in [0.15, 0.2) is 162 Å². The molecule has 0 amide bonds. The summed E-state index contributed by atoms with van der Waals surface area (Å²) in [5, 5.41) is 6.90. The van der Waals surface area contributed by atoms with Crippen molar-refractivity contribution in [3.05, 3.63) is 169 Å². The van der Waals surface area contributed by atoms with Crippen LogP contribution in [0.4, 0.5) is 0 Å². The number of rotatable bonds is 6. The Balaban J connectivity index is 1.27. The molecule has 0 fully saturated rings. The zero-order chi connectivity index (χ0) is 36.5. The van der Waals surface area contributed by atoms with Crippen LogP contribution in [0.5, 0.6) is 0 Å². The summed E-state index contributed by atoms with van der Waals surface area (Å²) in [4.78, 5) is 5.42. The van der Waals surface area contributed by atoms with E-state index in [1.807, 2.05) is 0 Å². The molecule has 54 heavy (non-hydrogen) atoms. The number of para-hydroxylation sites is 3. The number of imidazole rings is 1. The van der Waals surface area contributed by atoms with Crippen LogP contribution in [0.1, 0.15) is 50.7 Å². The van der Waals surface area contributed by atoms with E-state index < -0.39 is 0 Å². The third-order valence-electron chi connectivity index (χ3n) is 11.1. The maximum Gasteiger partial charge on any atom is 0.149 e. The van der Waals surface area contributed by atoms with Crippen LogP contribution in [0.25, 0.3) is 93.8 Å². The Hall–Kier alpha value is -6.45. The second-order valence-corrected chi connectivity index (χ2v) is 15.1. The summed E-state index contributed by atoms with van der Waals surface area (Å²) < 4.78 is 9.58. The molecule has 0 bridgehead atoms. The summed E-state index contributed by atoms with van der Waals surface area (Å²) in [6.07, 6.45) is 0. The third kappa shape index (κ3) is 4.99. The van der Waals surface area contributed by atoms with Gasteiger partial charge in [-0.15, -0.1) is 0 Å². The molecule has 0 aliphatic heterocycles. The van der Waals surface area contributed by atoms with Gasteiger partial charge in [0.05, 0.1) is 22.3 Å². The number of nitrogens with zero attached hydrogens (tertiary/aromatic N) is 2. The van der Waals surface area contributed by atoms with Gasteiger partial charge in [-0.3, -0.25) is 4.57 Å². The van der Waals surface area contributed by atoms with Gasteiger partial charge in [0.15, 0.2) is 0 Å². The van der Waals surface area contributed by atoms with E-state index in [4.69, 9.17) is 9.40 Å². The Kier molecular flexibility index (Phi) is 7.52. The number of furan rings is 1. The van der Waals surface area contributed by atoms with Crippen LogP contribution in [-0.2, 0) is 0 Å². The standard InChI is InChI=1S/C51H40N2O/c1-31(2)42-29-36(33-16-7-5-8-17-33)30-43(32(3)4)48(42)53-46-25-14-13-24-45(46)52-51(53)41-23-15-22-39-40-27-26-35-28-44(34-18-9-6-10-19-34)37-20-11-12-21-38(37)47(35)50(40)54-49(39)41/h5-32H,1-4H3. The molecule has 3 heteroatoms. The number of aromatic nitrogens is 2. The Morgan fingerprint density at radius 1 is 0.481 bits per heavy atom. The highest BCUT2D eigenvalue weighted by Gasteiger charge is 2.26. The highest BCUT2D eigenvalue weighted by atomic mass is 16.3. The van der Waals surface area contributed by atoms with Crippen molar-refractivity contribution in [1.29, 1.82) is 0 Å². The van der Waals surface area contributed by atoms with Gasteiger partial charge in [0.25, 0.3) is 0 Å². The van der Waals surface area contributed by atoms with Crippen molar-refractivity contribution in [2.24, 2.45) is 0 Å². The monoisotopic (exact) mass is 696 g/mol. The van der Waals surface area contributed by atoms with E-state index in [0.29, 0.717) is 0 Å². The van der Waals surface area contributed by atoms with Crippen molar-refractivity contribution < 1.29 is 4.42 Å². The molecule has 0 saturated carbocycles. The van der Waals surface area contributed by atoms with Gasteiger partial charge in [0.1, 0.15) is 17.0 Å². The molecule has 0 N–H and O–H groups in total. The van der Waals surface area contributed by atoms with Gasteiger partial charge < -0.3 is 4.42 Å². The van der Waals surface area contributed by atoms with E-state index in [1.54, 1.807) is 0 Å². The topological polar surface area (TPSA) is 31.0 Å². The molecule has 0 unspecified atom stereocenters. The first-order valence-corrected chi connectivity index (χ1v) is 19.0. The molecule has 0 atom stereocenters. The summed E-state index contributed by atoms with van der Waals surface area (Å²) in [5.74, 6) is 1.44. The van der Waals surface area contributed by atoms with E-state index in [1.165, 1.54) is 49.8 Å². The van der Waals surface area contributed by atoms with Crippen LogP contribution in [0, 0.1) is 0 Å². The first-order chi connectivity index (χ1) is 26.5. The molecule has 10 aromatic rings. The molecule has 0 aliphatic carbocycles. The van der Waals surface area contributed by atoms with Crippen LogP contribution in [-0.4, -0.2) is 9.55 Å². The first kappa shape index (κ1) is 32.2. The third-order valence-corrected chi connectivity index (χ3v) is 11.1. The number of fused-ring (bicyclic) bond motifs is 8. The fraction of sp³-hybridized carbons (Fsp3) is 0.118. The SMILES string of the molecule is CC(C)c1cc(-c2ccccc2)cc(C(C)C)c1-n1c(-c2cccc3c2oc2c3ccc3cc(-c4ccccc4)c4ccccc4c32)nc2ccccc21. The lowest BCUT2D eigenvalue weighted by atomic mass is 9.88. The maximum atomic E-state index is 7.17. The van der Waals surface area contributed by atoms with Gasteiger partial charge in [-0.05, 0) is 104 Å². The molecule has 8 aromatic carbocycles. The normalized spacial score (nSPS) is 12.0. The van der Waals surface area contributed by atoms with E-state index in [9.17, 15) is 0 Å². The largest absolute Gasteiger partial charge is 0.455 e. The van der Waals surface area contributed by atoms with Gasteiger partial charge in [-0.2, -0.15) is 0 Å². The minimum atomic E-state index is 0.276. The van der Waals surface area contributed by atoms with Crippen molar-refractivity contribution in [3.8, 4) is 39.3 Å². The summed E-state index contributed by atoms with van der Waals surface area (Å²) >= 11 is 0. The Labute approximate surface area is 315 Å². The molecule has 10 rings (SSSR count). The summed E-state index contributed by atoms with van der Waals surface area (Å²) in [5.41, 5.74) is 13.5. The lowest BCUT2D eigenvalue weighted by molar-refractivity contribution is 0.673. The Bertz CT molecular complexity index is 3010. The van der Waals surface area contributed by atoms with Crippen LogP contribution >= 0.6 is 0 Å². The van der Waals surface area contributed by atoms with Crippen molar-refractivity contribution >= 4 is 54.5 Å². The van der Waals surface area contributed by atoms with E-state index >= 15 is 0 Å². The molecule has 2 aromatic heterocycles. The first-order valence-electron chi connectivity index (χ1n) is 19.0. The number of hydrogen-bond donors (Lipinski definition) is 0. The van der Waals surface area contributed by atoms with E-state index in [-0.39, 0.29) is 11.8 Å². The van der Waals surface area contributed by atoms with Gasteiger partial charge in [-0.25, -0.2) is 4.98 Å². The average molecular weight is 697 g/mol. The highest BCUT2D eigenvalue weighted by molar-refractivity contribution is 6.26. The predicted molar refractivity (Wildman–Crippen MR) is 228 cm³/mol. The molecule has 2 heterocycles. The molecule has 260 valence electrons. The molecule has 0 radical (unpaired) electrons. The predicted octanol–water partition coefficient (Wildman–Crippen LogP) is 14.5. The van der Waals surface area contributed by atoms with Crippen LogP contribution in [0.2, 0.25) is 0 Å². The molecule has 3 nitrogen and oxygen atoms in total.